The molecule has 0 N–H and O–H groups in total. The van der Waals surface area contributed by atoms with E-state index >= 15 is 0 Å². The van der Waals surface area contributed by atoms with Crippen LogP contribution in [0.15, 0.2) is 0 Å². The van der Waals surface area contributed by atoms with Gasteiger partial charge in [0, 0.05) is 0 Å². The summed E-state index contributed by atoms with van der Waals surface area (Å²) in [7, 11) is 0. The van der Waals surface area contributed by atoms with E-state index < -0.39 is 0 Å². The summed E-state index contributed by atoms with van der Waals surface area (Å²) in [6, 6.07) is 0. The number of rotatable bonds is 0. The van der Waals surface area contributed by atoms with Crippen LogP contribution in [-0.4, -0.2) is 0 Å². The Morgan fingerprint density at radius 3 is 0.312 bits per heavy atom. The van der Waals surface area contributed by atoms with Gasteiger partial charge in [0.1, 0.15) is 0 Å². The smallest absolute Gasteiger partial charge is 1.00 e. The molecule has 0 aliphatic rings. The van der Waals surface area contributed by atoms with Gasteiger partial charge in [0.25, 0.3) is 0 Å². The van der Waals surface area contributed by atoms with E-state index in [1.54, 1.807) is 0 Å². The number of hydrogen-bond donors (Lipinski definition) is 0. The van der Waals surface area contributed by atoms with Crippen molar-refractivity contribution in [3.05, 3.63) is 0 Å². The fourth-order valence-corrected chi connectivity index (χ4v) is 0. The Balaban J connectivity index is 0. The van der Waals surface area contributed by atoms with Crippen molar-refractivity contribution in [2.24, 2.45) is 0 Å². The van der Waals surface area contributed by atoms with Crippen LogP contribution < -0.4 is 149 Å². The van der Waals surface area contributed by atoms with Crippen molar-refractivity contribution in [3.8, 4) is 0 Å². The normalized spacial score (nSPS) is 0. The molecular weight excluding hydrogens is 1060 g/mol. The van der Waals surface area contributed by atoms with Gasteiger partial charge < -0.3 is 149 Å². The number of hydrogen-bond acceptors (Lipinski definition) is 0. The molecule has 0 aliphatic heterocycles. The minimum atomic E-state index is 0. The first-order valence-electron chi connectivity index (χ1n) is 0. The maximum Gasteiger partial charge on any atom is 3.00 e. The maximum absolute atomic E-state index is 0. The van der Waals surface area contributed by atoms with Gasteiger partial charge in [0.15, 0.2) is 0 Å². The minimum absolute atomic E-state index is 0. The molecule has 0 aromatic rings. The predicted molar refractivity (Wildman–Crippen MR) is 0 cm³/mol. The maximum atomic E-state index is 0. The van der Waals surface area contributed by atoms with Crippen LogP contribution in [-0.2, 0) is 0 Å². The zero-order chi connectivity index (χ0) is 0. The molecule has 0 aromatic heterocycles. The summed E-state index contributed by atoms with van der Waals surface area (Å²) in [5.41, 5.74) is 0. The molecule has 0 aliphatic carbocycles. The summed E-state index contributed by atoms with van der Waals surface area (Å²) in [4.78, 5) is 0. The van der Waals surface area contributed by atoms with Crippen LogP contribution >= 0.6 is 0 Å². The van der Waals surface area contributed by atoms with Crippen LogP contribution in [0.5, 0.6) is 0 Å². The van der Waals surface area contributed by atoms with Gasteiger partial charge >= 0.3 is 177 Å². The second-order valence-electron chi connectivity index (χ2n) is 0. The standard InChI is InChI=1S/12ClH.Eu.Gd.Sm.Yb/h12*1H;;;;/q;;;;;;;;;;;;4*+3/p-12. The Kier molecular flexibility index (Phi) is 1660. The molecule has 0 nitrogen and oxygen atoms in total. The molecule has 0 unspecified atom stereocenters. The van der Waals surface area contributed by atoms with E-state index in [0.717, 1.165) is 0 Å². The molecule has 16 heavy (non-hydrogen) atoms. The zero-order valence-electron chi connectivity index (χ0n) is 5.94. The van der Waals surface area contributed by atoms with Crippen molar-refractivity contribution in [2.45, 2.75) is 0 Å². The quantitative estimate of drug-likeness (QED) is 0.227. The molecule has 0 atom stereocenters. The number of halogens is 12. The monoisotopic (exact) mass is 1060 g/mol. The van der Waals surface area contributed by atoms with Gasteiger partial charge in [-0.3, -0.25) is 0 Å². The van der Waals surface area contributed by atoms with Crippen LogP contribution in [0.25, 0.3) is 0 Å². The summed E-state index contributed by atoms with van der Waals surface area (Å²) >= 11 is 0. The molecule has 16 heteroatoms. The van der Waals surface area contributed by atoms with Crippen molar-refractivity contribution in [1.29, 1.82) is 0 Å². The Morgan fingerprint density at radius 1 is 0.312 bits per heavy atom. The molecule has 119 valence electrons. The average Bonchev–Trinajstić information content (AvgIpc) is 0. The van der Waals surface area contributed by atoms with Gasteiger partial charge in [-0.25, -0.2) is 0 Å². The van der Waals surface area contributed by atoms with E-state index in [4.69, 9.17) is 0 Å². The second kappa shape index (κ2) is 153. The Bertz CT molecular complexity index is 21.0. The summed E-state index contributed by atoms with van der Waals surface area (Å²) in [6.07, 6.45) is 0. The van der Waals surface area contributed by atoms with E-state index in [-0.39, 0.29) is 326 Å². The average molecular weight is 1060 g/mol. The van der Waals surface area contributed by atoms with Crippen molar-refractivity contribution in [1.82, 2.24) is 0 Å². The molecular formula is Cl12EuGdSmYb. The van der Waals surface area contributed by atoms with Crippen LogP contribution in [0, 0.1) is 177 Å². The molecule has 0 spiro atoms. The van der Waals surface area contributed by atoms with Crippen molar-refractivity contribution in [2.75, 3.05) is 0 Å². The molecule has 0 aromatic carbocycles. The van der Waals surface area contributed by atoms with Gasteiger partial charge in [-0.2, -0.15) is 0 Å². The van der Waals surface area contributed by atoms with Gasteiger partial charge in [-0.1, -0.05) is 0 Å². The third kappa shape index (κ3) is 135. The molecule has 0 amide bonds. The van der Waals surface area contributed by atoms with Gasteiger partial charge in [-0.05, 0) is 0 Å². The van der Waals surface area contributed by atoms with Crippen molar-refractivity contribution in [3.63, 3.8) is 0 Å². The molecule has 0 rings (SSSR count). The topological polar surface area (TPSA) is 0 Å². The van der Waals surface area contributed by atoms with E-state index in [1.807, 2.05) is 0 Å². The van der Waals surface area contributed by atoms with Crippen LogP contribution in [0.2, 0.25) is 0 Å². The fraction of sp³-hybridized carbons (Fsp3) is 0. The summed E-state index contributed by atoms with van der Waals surface area (Å²) in [6.45, 7) is 0. The van der Waals surface area contributed by atoms with Gasteiger partial charge in [0.2, 0.25) is 0 Å². The predicted octanol–water partition coefficient (Wildman–Crippen LogP) is -36.0. The molecule has 3 radical (unpaired) electrons. The summed E-state index contributed by atoms with van der Waals surface area (Å²) < 4.78 is 0. The van der Waals surface area contributed by atoms with E-state index in [1.165, 1.54) is 0 Å². The molecule has 0 saturated heterocycles. The van der Waals surface area contributed by atoms with Gasteiger partial charge in [-0.15, -0.1) is 0 Å². The Labute approximate surface area is 316 Å². The Morgan fingerprint density at radius 2 is 0.312 bits per heavy atom. The fourth-order valence-electron chi connectivity index (χ4n) is 0. The summed E-state index contributed by atoms with van der Waals surface area (Å²) in [5, 5.41) is 0. The van der Waals surface area contributed by atoms with E-state index in [0.29, 0.717) is 0 Å². The molecule has 0 fully saturated rings. The first kappa shape index (κ1) is 174. The van der Waals surface area contributed by atoms with Crippen LogP contribution in [0.4, 0.5) is 0 Å². The first-order valence-corrected chi connectivity index (χ1v) is 0. The third-order valence-electron chi connectivity index (χ3n) is 0. The van der Waals surface area contributed by atoms with Crippen molar-refractivity contribution < 1.29 is 326 Å². The Hall–Kier alpha value is 9.25. The molecule has 0 bridgehead atoms. The molecule has 0 heterocycles. The first-order chi connectivity index (χ1) is 0. The SMILES string of the molecule is [Cl-].[Cl-].[Cl-].[Cl-].[Cl-].[Cl-].[Cl-].[Cl-].[Cl-].[Cl-].[Cl-].[Cl-].[Eu+3].[Gd+3].[Sm+3].[Yb+3]. The van der Waals surface area contributed by atoms with Gasteiger partial charge in [0.05, 0.1) is 0 Å². The van der Waals surface area contributed by atoms with E-state index in [9.17, 15) is 0 Å². The van der Waals surface area contributed by atoms with Crippen LogP contribution in [0.1, 0.15) is 0 Å². The summed E-state index contributed by atoms with van der Waals surface area (Å²) in [5.74, 6) is 0. The minimum Gasteiger partial charge on any atom is -1.00 e. The molecule has 0 saturated carbocycles. The van der Waals surface area contributed by atoms with E-state index in [2.05, 4.69) is 0 Å². The largest absolute Gasteiger partial charge is 3.00 e. The second-order valence-corrected chi connectivity index (χ2v) is 0. The van der Waals surface area contributed by atoms with Crippen molar-refractivity contribution >= 4 is 0 Å². The third-order valence-corrected chi connectivity index (χ3v) is 0. The zero-order valence-corrected chi connectivity index (χ0v) is 24.0. The van der Waals surface area contributed by atoms with Crippen LogP contribution in [0.3, 0.4) is 0 Å².